The van der Waals surface area contributed by atoms with Crippen LogP contribution >= 0.6 is 0 Å². The average molecular weight is 334 g/mol. The summed E-state index contributed by atoms with van der Waals surface area (Å²) in [5.74, 6) is 0.635. The number of rotatable bonds is 2. The maximum atomic E-state index is 11.5. The standard InChI is InChI=1S/C21H22N2O2/c1-12-10-13(2)19(14(3)11-12)21-17-7-4-6-15(17)16-8-5-9-18(23(24)25)20(16)22-21/h4-6,8-11,15,17,21-22H,7H2,1-3H3. The normalized spacial score (nSPS) is 23.7. The van der Waals surface area contributed by atoms with E-state index in [1.807, 2.05) is 6.07 Å². The number of hydrogen-bond donors (Lipinski definition) is 1. The van der Waals surface area contributed by atoms with Gasteiger partial charge in [-0.05, 0) is 55.4 Å². The second-order valence-electron chi connectivity index (χ2n) is 7.29. The summed E-state index contributed by atoms with van der Waals surface area (Å²) >= 11 is 0. The predicted molar refractivity (Wildman–Crippen MR) is 100 cm³/mol. The zero-order chi connectivity index (χ0) is 17.7. The third-order valence-corrected chi connectivity index (χ3v) is 5.62. The minimum Gasteiger partial charge on any atom is -0.372 e. The lowest BCUT2D eigenvalue weighted by atomic mass is 9.75. The SMILES string of the molecule is Cc1cc(C)c(C2Nc3c(cccc3[N+](=O)[O-])C3C=CCC32)c(C)c1. The highest BCUT2D eigenvalue weighted by Gasteiger charge is 2.41. The Morgan fingerprint density at radius 1 is 1.16 bits per heavy atom. The number of nitro benzene ring substituents is 1. The molecular formula is C21H22N2O2. The quantitative estimate of drug-likeness (QED) is 0.458. The number of anilines is 1. The number of aryl methyl sites for hydroxylation is 3. The molecule has 0 saturated carbocycles. The van der Waals surface area contributed by atoms with E-state index in [0.29, 0.717) is 11.6 Å². The van der Waals surface area contributed by atoms with Crippen LogP contribution in [-0.2, 0) is 0 Å². The minimum absolute atomic E-state index is 0.0919. The minimum atomic E-state index is -0.281. The number of nitrogens with zero attached hydrogens (tertiary/aromatic N) is 1. The third kappa shape index (κ3) is 2.44. The van der Waals surface area contributed by atoms with Crippen molar-refractivity contribution < 1.29 is 4.92 Å². The van der Waals surface area contributed by atoms with E-state index in [9.17, 15) is 10.1 Å². The molecule has 4 rings (SSSR count). The molecule has 4 heteroatoms. The van der Waals surface area contributed by atoms with E-state index < -0.39 is 0 Å². The van der Waals surface area contributed by atoms with Crippen molar-refractivity contribution in [2.75, 3.05) is 5.32 Å². The van der Waals surface area contributed by atoms with E-state index in [0.717, 1.165) is 12.0 Å². The molecule has 0 spiro atoms. The zero-order valence-corrected chi connectivity index (χ0v) is 14.7. The fraction of sp³-hybridized carbons (Fsp3) is 0.333. The number of allylic oxidation sites excluding steroid dienone is 2. The molecule has 4 nitrogen and oxygen atoms in total. The molecule has 0 radical (unpaired) electrons. The summed E-state index contributed by atoms with van der Waals surface area (Å²) in [6, 6.07) is 9.91. The second-order valence-corrected chi connectivity index (χ2v) is 7.29. The summed E-state index contributed by atoms with van der Waals surface area (Å²) in [5.41, 5.74) is 6.94. The van der Waals surface area contributed by atoms with Crippen LogP contribution in [0, 0.1) is 36.8 Å². The van der Waals surface area contributed by atoms with Gasteiger partial charge in [0.2, 0.25) is 0 Å². The van der Waals surface area contributed by atoms with E-state index in [2.05, 4.69) is 50.4 Å². The van der Waals surface area contributed by atoms with Crippen molar-refractivity contribution in [1.29, 1.82) is 0 Å². The number of fused-ring (bicyclic) bond motifs is 3. The highest BCUT2D eigenvalue weighted by Crippen LogP contribution is 2.52. The molecule has 0 aromatic heterocycles. The topological polar surface area (TPSA) is 55.2 Å². The number of hydrogen-bond acceptors (Lipinski definition) is 3. The van der Waals surface area contributed by atoms with Gasteiger partial charge >= 0.3 is 0 Å². The highest BCUT2D eigenvalue weighted by molar-refractivity contribution is 5.71. The Hall–Kier alpha value is -2.62. The summed E-state index contributed by atoms with van der Waals surface area (Å²) in [6.45, 7) is 6.39. The molecule has 2 aromatic rings. The molecule has 0 saturated heterocycles. The van der Waals surface area contributed by atoms with Crippen LogP contribution in [0.2, 0.25) is 0 Å². The van der Waals surface area contributed by atoms with Crippen LogP contribution in [0.25, 0.3) is 0 Å². The summed E-state index contributed by atoms with van der Waals surface area (Å²) < 4.78 is 0. The second kappa shape index (κ2) is 5.73. The maximum Gasteiger partial charge on any atom is 0.292 e. The molecule has 1 N–H and O–H groups in total. The Morgan fingerprint density at radius 2 is 1.88 bits per heavy atom. The monoisotopic (exact) mass is 334 g/mol. The first-order valence-corrected chi connectivity index (χ1v) is 8.75. The van der Waals surface area contributed by atoms with E-state index in [1.54, 1.807) is 12.1 Å². The van der Waals surface area contributed by atoms with Gasteiger partial charge < -0.3 is 5.32 Å². The van der Waals surface area contributed by atoms with Crippen LogP contribution < -0.4 is 5.32 Å². The molecule has 25 heavy (non-hydrogen) atoms. The lowest BCUT2D eigenvalue weighted by Crippen LogP contribution is -2.30. The van der Waals surface area contributed by atoms with Crippen molar-refractivity contribution in [1.82, 2.24) is 0 Å². The van der Waals surface area contributed by atoms with Gasteiger partial charge in [-0.25, -0.2) is 0 Å². The van der Waals surface area contributed by atoms with Crippen LogP contribution in [0.5, 0.6) is 0 Å². The molecule has 0 fully saturated rings. The number of nitrogens with one attached hydrogen (secondary N) is 1. The largest absolute Gasteiger partial charge is 0.372 e. The van der Waals surface area contributed by atoms with Crippen LogP contribution in [0.15, 0.2) is 42.5 Å². The van der Waals surface area contributed by atoms with E-state index in [4.69, 9.17) is 0 Å². The van der Waals surface area contributed by atoms with E-state index in [1.165, 1.54) is 22.3 Å². The molecule has 0 bridgehead atoms. The average Bonchev–Trinajstić information content (AvgIpc) is 3.03. The Balaban J connectivity index is 1.89. The van der Waals surface area contributed by atoms with Gasteiger partial charge in [-0.2, -0.15) is 0 Å². The van der Waals surface area contributed by atoms with Crippen molar-refractivity contribution >= 4 is 11.4 Å². The van der Waals surface area contributed by atoms with Gasteiger partial charge in [0.1, 0.15) is 5.69 Å². The van der Waals surface area contributed by atoms with Crippen molar-refractivity contribution in [2.45, 2.75) is 39.2 Å². The Morgan fingerprint density at radius 3 is 2.56 bits per heavy atom. The molecule has 128 valence electrons. The molecule has 1 aliphatic carbocycles. The lowest BCUT2D eigenvalue weighted by molar-refractivity contribution is -0.384. The van der Waals surface area contributed by atoms with Gasteiger partial charge in [0.15, 0.2) is 0 Å². The number of benzene rings is 2. The molecular weight excluding hydrogens is 312 g/mol. The summed E-state index contributed by atoms with van der Waals surface area (Å²) in [5, 5.41) is 15.1. The number of nitro groups is 1. The summed E-state index contributed by atoms with van der Waals surface area (Å²) in [6.07, 6.45) is 5.44. The third-order valence-electron chi connectivity index (χ3n) is 5.62. The molecule has 3 unspecified atom stereocenters. The van der Waals surface area contributed by atoms with Gasteiger partial charge in [-0.15, -0.1) is 0 Å². The maximum absolute atomic E-state index is 11.5. The van der Waals surface area contributed by atoms with Gasteiger partial charge in [0, 0.05) is 12.0 Å². The van der Waals surface area contributed by atoms with Gasteiger partial charge in [0.05, 0.1) is 11.0 Å². The Labute approximate surface area is 147 Å². The first-order chi connectivity index (χ1) is 12.0. The zero-order valence-electron chi connectivity index (χ0n) is 14.7. The molecule has 2 aromatic carbocycles. The van der Waals surface area contributed by atoms with Gasteiger partial charge in [0.25, 0.3) is 5.69 Å². The molecule has 3 atom stereocenters. The fourth-order valence-electron chi connectivity index (χ4n) is 4.72. The predicted octanol–water partition coefficient (Wildman–Crippen LogP) is 5.35. The first-order valence-electron chi connectivity index (χ1n) is 8.75. The Bertz CT molecular complexity index is 878. The molecule has 2 aliphatic rings. The smallest absolute Gasteiger partial charge is 0.292 e. The lowest BCUT2D eigenvalue weighted by Gasteiger charge is -2.38. The van der Waals surface area contributed by atoms with Gasteiger partial charge in [-0.1, -0.05) is 42.0 Å². The first kappa shape index (κ1) is 15.9. The van der Waals surface area contributed by atoms with Crippen molar-refractivity contribution in [2.24, 2.45) is 5.92 Å². The van der Waals surface area contributed by atoms with Crippen molar-refractivity contribution in [3.05, 3.63) is 80.4 Å². The van der Waals surface area contributed by atoms with E-state index in [-0.39, 0.29) is 22.6 Å². The van der Waals surface area contributed by atoms with Gasteiger partial charge in [-0.3, -0.25) is 10.1 Å². The van der Waals surface area contributed by atoms with Crippen LogP contribution in [-0.4, -0.2) is 4.92 Å². The molecule has 1 heterocycles. The van der Waals surface area contributed by atoms with Crippen LogP contribution in [0.3, 0.4) is 0 Å². The van der Waals surface area contributed by atoms with Crippen molar-refractivity contribution in [3.8, 4) is 0 Å². The van der Waals surface area contributed by atoms with Crippen molar-refractivity contribution in [3.63, 3.8) is 0 Å². The van der Waals surface area contributed by atoms with Crippen LogP contribution in [0.4, 0.5) is 11.4 Å². The fourth-order valence-corrected chi connectivity index (χ4v) is 4.72. The highest BCUT2D eigenvalue weighted by atomic mass is 16.6. The Kier molecular flexibility index (Phi) is 3.64. The summed E-state index contributed by atoms with van der Waals surface area (Å²) in [4.78, 5) is 11.3. The summed E-state index contributed by atoms with van der Waals surface area (Å²) in [7, 11) is 0. The molecule has 1 aliphatic heterocycles. The van der Waals surface area contributed by atoms with Crippen LogP contribution in [0.1, 0.15) is 46.2 Å². The number of para-hydroxylation sites is 1. The van der Waals surface area contributed by atoms with E-state index >= 15 is 0 Å². The molecule has 0 amide bonds.